The van der Waals surface area contributed by atoms with Crippen LogP contribution < -0.4 is 5.32 Å². The van der Waals surface area contributed by atoms with Crippen LogP contribution in [0.1, 0.15) is 36.8 Å². The Morgan fingerprint density at radius 3 is 2.19 bits per heavy atom. The fraction of sp³-hybridized carbons (Fsp3) is 0.350. The monoisotopic (exact) mass is 362 g/mol. The number of anilines is 1. The number of carbonyl (C=O) groups excluding carboxylic acids is 1. The van der Waals surface area contributed by atoms with E-state index < -0.39 is 11.7 Å². The standard InChI is InChI=1S/C20H21F3N2O/c21-20(22,23)16-12-10-15(11-13-16)14-25(18-8-4-5-9-18)19(26)24-17-6-2-1-3-7-17/h1-3,6-7,10-13,18H,4-5,8-9,14H2,(H,24,26). The first-order chi connectivity index (χ1) is 12.4. The van der Waals surface area contributed by atoms with Crippen LogP contribution in [0.5, 0.6) is 0 Å². The average Bonchev–Trinajstić information content (AvgIpc) is 3.14. The predicted octanol–water partition coefficient (Wildman–Crippen LogP) is 5.68. The topological polar surface area (TPSA) is 32.3 Å². The third-order valence-corrected chi connectivity index (χ3v) is 4.69. The summed E-state index contributed by atoms with van der Waals surface area (Å²) in [4.78, 5) is 14.5. The highest BCUT2D eigenvalue weighted by molar-refractivity contribution is 5.89. The van der Waals surface area contributed by atoms with E-state index in [0.29, 0.717) is 17.8 Å². The maximum atomic E-state index is 12.8. The van der Waals surface area contributed by atoms with Crippen LogP contribution in [0.4, 0.5) is 23.7 Å². The van der Waals surface area contributed by atoms with Crippen LogP contribution in [-0.4, -0.2) is 17.0 Å². The highest BCUT2D eigenvalue weighted by Gasteiger charge is 2.31. The van der Waals surface area contributed by atoms with E-state index in [1.54, 1.807) is 4.90 Å². The van der Waals surface area contributed by atoms with Crippen LogP contribution in [0.25, 0.3) is 0 Å². The molecule has 26 heavy (non-hydrogen) atoms. The first kappa shape index (κ1) is 18.3. The molecule has 2 aromatic carbocycles. The molecule has 0 unspecified atom stereocenters. The summed E-state index contributed by atoms with van der Waals surface area (Å²) >= 11 is 0. The first-order valence-corrected chi connectivity index (χ1v) is 8.72. The zero-order valence-corrected chi connectivity index (χ0v) is 14.3. The normalized spacial score (nSPS) is 15.0. The van der Waals surface area contributed by atoms with E-state index in [1.165, 1.54) is 12.1 Å². The van der Waals surface area contributed by atoms with Gasteiger partial charge >= 0.3 is 12.2 Å². The van der Waals surface area contributed by atoms with E-state index in [1.807, 2.05) is 30.3 Å². The zero-order chi connectivity index (χ0) is 18.6. The molecule has 1 aliphatic carbocycles. The Morgan fingerprint density at radius 1 is 1.00 bits per heavy atom. The summed E-state index contributed by atoms with van der Waals surface area (Å²) in [5.41, 5.74) is 0.712. The highest BCUT2D eigenvalue weighted by atomic mass is 19.4. The van der Waals surface area contributed by atoms with E-state index in [4.69, 9.17) is 0 Å². The van der Waals surface area contributed by atoms with Crippen LogP contribution >= 0.6 is 0 Å². The number of hydrogen-bond acceptors (Lipinski definition) is 1. The van der Waals surface area contributed by atoms with Crippen LogP contribution in [0, 0.1) is 0 Å². The molecular formula is C20H21F3N2O. The van der Waals surface area contributed by atoms with Crippen molar-refractivity contribution in [3.8, 4) is 0 Å². The Kier molecular flexibility index (Phi) is 5.49. The number of rotatable bonds is 4. The Balaban J connectivity index is 1.75. The molecular weight excluding hydrogens is 341 g/mol. The second kappa shape index (κ2) is 7.81. The van der Waals surface area contributed by atoms with Gasteiger partial charge < -0.3 is 10.2 Å². The summed E-state index contributed by atoms with van der Waals surface area (Å²) < 4.78 is 38.2. The van der Waals surface area contributed by atoms with Gasteiger partial charge in [0.1, 0.15) is 0 Å². The Labute approximate surface area is 150 Å². The number of alkyl halides is 3. The van der Waals surface area contributed by atoms with Crippen molar-refractivity contribution in [1.29, 1.82) is 0 Å². The number of benzene rings is 2. The lowest BCUT2D eigenvalue weighted by Gasteiger charge is -2.29. The van der Waals surface area contributed by atoms with Crippen molar-refractivity contribution in [1.82, 2.24) is 4.90 Å². The molecule has 1 N–H and O–H groups in total. The Hall–Kier alpha value is -2.50. The van der Waals surface area contributed by atoms with Gasteiger partial charge in [-0.25, -0.2) is 4.79 Å². The summed E-state index contributed by atoms with van der Waals surface area (Å²) in [6.07, 6.45) is -0.389. The fourth-order valence-electron chi connectivity index (χ4n) is 3.30. The molecule has 0 radical (unpaired) electrons. The van der Waals surface area contributed by atoms with Gasteiger partial charge in [-0.05, 0) is 42.7 Å². The number of amides is 2. The number of nitrogens with zero attached hydrogens (tertiary/aromatic N) is 1. The lowest BCUT2D eigenvalue weighted by atomic mass is 10.1. The van der Waals surface area contributed by atoms with Gasteiger partial charge in [-0.1, -0.05) is 43.2 Å². The number of hydrogen-bond donors (Lipinski definition) is 1. The van der Waals surface area contributed by atoms with Gasteiger partial charge in [0.05, 0.1) is 5.56 Å². The molecule has 0 aromatic heterocycles. The molecule has 0 heterocycles. The zero-order valence-electron chi connectivity index (χ0n) is 14.3. The van der Waals surface area contributed by atoms with Gasteiger partial charge in [0, 0.05) is 18.3 Å². The van der Waals surface area contributed by atoms with Crippen molar-refractivity contribution < 1.29 is 18.0 Å². The maximum absolute atomic E-state index is 12.8. The second-order valence-corrected chi connectivity index (χ2v) is 6.56. The lowest BCUT2D eigenvalue weighted by molar-refractivity contribution is -0.137. The minimum Gasteiger partial charge on any atom is -0.317 e. The van der Waals surface area contributed by atoms with Crippen molar-refractivity contribution in [2.24, 2.45) is 0 Å². The van der Waals surface area contributed by atoms with Crippen LogP contribution in [-0.2, 0) is 12.7 Å². The van der Waals surface area contributed by atoms with E-state index in [0.717, 1.165) is 37.8 Å². The van der Waals surface area contributed by atoms with E-state index in [9.17, 15) is 18.0 Å². The highest BCUT2D eigenvalue weighted by Crippen LogP contribution is 2.30. The predicted molar refractivity (Wildman–Crippen MR) is 94.7 cm³/mol. The molecule has 0 bridgehead atoms. The molecule has 0 spiro atoms. The summed E-state index contributed by atoms with van der Waals surface area (Å²) in [7, 11) is 0. The van der Waals surface area contributed by atoms with Crippen molar-refractivity contribution in [3.63, 3.8) is 0 Å². The number of halogens is 3. The summed E-state index contributed by atoms with van der Waals surface area (Å²) in [5, 5.41) is 2.88. The first-order valence-electron chi connectivity index (χ1n) is 8.72. The van der Waals surface area contributed by atoms with Gasteiger partial charge in [0.25, 0.3) is 0 Å². The van der Waals surface area contributed by atoms with Gasteiger partial charge in [0.15, 0.2) is 0 Å². The maximum Gasteiger partial charge on any atom is 0.416 e. The van der Waals surface area contributed by atoms with Gasteiger partial charge in [0.2, 0.25) is 0 Å². The third kappa shape index (κ3) is 4.56. The summed E-state index contributed by atoms with van der Waals surface area (Å²) in [5.74, 6) is 0. The largest absolute Gasteiger partial charge is 0.416 e. The Morgan fingerprint density at radius 2 is 1.62 bits per heavy atom. The lowest BCUT2D eigenvalue weighted by Crippen LogP contribution is -2.41. The number of urea groups is 1. The molecule has 1 fully saturated rings. The molecule has 2 amide bonds. The molecule has 138 valence electrons. The Bertz CT molecular complexity index is 723. The molecule has 0 aliphatic heterocycles. The quantitative estimate of drug-likeness (QED) is 0.745. The minimum absolute atomic E-state index is 0.112. The van der Waals surface area contributed by atoms with Crippen molar-refractivity contribution >= 4 is 11.7 Å². The van der Waals surface area contributed by atoms with Crippen molar-refractivity contribution in [2.75, 3.05) is 5.32 Å². The van der Waals surface area contributed by atoms with E-state index >= 15 is 0 Å². The van der Waals surface area contributed by atoms with Crippen LogP contribution in [0.2, 0.25) is 0 Å². The third-order valence-electron chi connectivity index (χ3n) is 4.69. The van der Waals surface area contributed by atoms with Crippen molar-refractivity contribution in [2.45, 2.75) is 44.4 Å². The molecule has 1 saturated carbocycles. The summed E-state index contributed by atoms with van der Waals surface area (Å²) in [6, 6.07) is 14.1. The molecule has 3 rings (SSSR count). The molecule has 6 heteroatoms. The SMILES string of the molecule is O=C(Nc1ccccc1)N(Cc1ccc(C(F)(F)F)cc1)C1CCCC1. The molecule has 0 saturated heterocycles. The van der Waals surface area contributed by atoms with Crippen molar-refractivity contribution in [3.05, 3.63) is 65.7 Å². The average molecular weight is 362 g/mol. The number of carbonyl (C=O) groups is 1. The molecule has 3 nitrogen and oxygen atoms in total. The molecule has 0 atom stereocenters. The summed E-state index contributed by atoms with van der Waals surface area (Å²) in [6.45, 7) is 0.293. The minimum atomic E-state index is -4.35. The van der Waals surface area contributed by atoms with Crippen LogP contribution in [0.3, 0.4) is 0 Å². The molecule has 2 aromatic rings. The smallest absolute Gasteiger partial charge is 0.317 e. The van der Waals surface area contributed by atoms with E-state index in [-0.39, 0.29) is 12.1 Å². The number of para-hydroxylation sites is 1. The van der Waals surface area contributed by atoms with Gasteiger partial charge in [-0.15, -0.1) is 0 Å². The van der Waals surface area contributed by atoms with Gasteiger partial charge in [-0.3, -0.25) is 0 Å². The fourth-order valence-corrected chi connectivity index (χ4v) is 3.30. The van der Waals surface area contributed by atoms with Gasteiger partial charge in [-0.2, -0.15) is 13.2 Å². The second-order valence-electron chi connectivity index (χ2n) is 6.56. The molecule has 1 aliphatic rings. The van der Waals surface area contributed by atoms with Crippen LogP contribution in [0.15, 0.2) is 54.6 Å². The number of nitrogens with one attached hydrogen (secondary N) is 1. The van der Waals surface area contributed by atoms with E-state index in [2.05, 4.69) is 5.32 Å².